The van der Waals surface area contributed by atoms with Gasteiger partial charge < -0.3 is 15.5 Å². The van der Waals surface area contributed by atoms with Crippen molar-refractivity contribution in [2.45, 2.75) is 45.1 Å². The van der Waals surface area contributed by atoms with Crippen LogP contribution < -0.4 is 10.6 Å². The molecule has 1 aromatic carbocycles. The van der Waals surface area contributed by atoms with E-state index in [1.165, 1.54) is 12.8 Å². The van der Waals surface area contributed by atoms with Gasteiger partial charge in [0.05, 0.1) is 6.04 Å². The maximum absolute atomic E-state index is 12.8. The molecule has 3 rings (SSSR count). The summed E-state index contributed by atoms with van der Waals surface area (Å²) in [6, 6.07) is 10.5. The number of carbonyl (C=O) groups excluding carboxylic acids is 2. The fraction of sp³-hybridized carbons (Fsp3) is 0.409. The fourth-order valence-electron chi connectivity index (χ4n) is 3.51. The molecule has 2 aromatic rings. The Morgan fingerprint density at radius 2 is 1.89 bits per heavy atom. The second-order valence-corrected chi connectivity index (χ2v) is 7.13. The average molecular weight is 380 g/mol. The van der Waals surface area contributed by atoms with Crippen molar-refractivity contribution < 1.29 is 9.59 Å². The van der Waals surface area contributed by atoms with E-state index in [4.69, 9.17) is 0 Å². The van der Waals surface area contributed by atoms with Gasteiger partial charge in [0, 0.05) is 36.7 Å². The molecule has 0 spiro atoms. The average Bonchev–Trinajstić information content (AvgIpc) is 3.02. The number of anilines is 1. The van der Waals surface area contributed by atoms with Crippen LogP contribution >= 0.6 is 0 Å². The summed E-state index contributed by atoms with van der Waals surface area (Å²) in [6.07, 6.45) is 8.70. The van der Waals surface area contributed by atoms with Crippen molar-refractivity contribution in [3.8, 4) is 0 Å². The molecule has 3 amide bonds. The first-order valence-electron chi connectivity index (χ1n) is 10.0. The van der Waals surface area contributed by atoms with Crippen LogP contribution in [0.2, 0.25) is 0 Å². The molecule has 2 N–H and O–H groups in total. The van der Waals surface area contributed by atoms with Gasteiger partial charge in [0.1, 0.15) is 0 Å². The highest BCUT2D eigenvalue weighted by Crippen LogP contribution is 2.18. The Balaban J connectivity index is 1.63. The van der Waals surface area contributed by atoms with Gasteiger partial charge in [0.2, 0.25) is 0 Å². The summed E-state index contributed by atoms with van der Waals surface area (Å²) < 4.78 is 0. The van der Waals surface area contributed by atoms with Crippen LogP contribution in [0.5, 0.6) is 0 Å². The highest BCUT2D eigenvalue weighted by molar-refractivity contribution is 5.97. The van der Waals surface area contributed by atoms with Gasteiger partial charge in [0.25, 0.3) is 5.91 Å². The van der Waals surface area contributed by atoms with Crippen molar-refractivity contribution in [3.05, 3.63) is 59.9 Å². The third-order valence-corrected chi connectivity index (χ3v) is 5.06. The number of carbonyl (C=O) groups is 2. The van der Waals surface area contributed by atoms with E-state index in [0.29, 0.717) is 11.3 Å². The van der Waals surface area contributed by atoms with Gasteiger partial charge >= 0.3 is 6.03 Å². The minimum absolute atomic E-state index is 0.0350. The van der Waals surface area contributed by atoms with Crippen LogP contribution in [0, 0.1) is 0 Å². The molecule has 6 nitrogen and oxygen atoms in total. The number of benzene rings is 1. The summed E-state index contributed by atoms with van der Waals surface area (Å²) in [5.41, 5.74) is 2.18. The van der Waals surface area contributed by atoms with Gasteiger partial charge in [-0.2, -0.15) is 0 Å². The lowest BCUT2D eigenvalue weighted by Gasteiger charge is -2.21. The van der Waals surface area contributed by atoms with E-state index >= 15 is 0 Å². The highest BCUT2D eigenvalue weighted by atomic mass is 16.2. The molecule has 0 radical (unpaired) electrons. The number of rotatable bonds is 5. The van der Waals surface area contributed by atoms with Gasteiger partial charge in [-0.25, -0.2) is 4.79 Å². The molecule has 1 aliphatic rings. The maximum atomic E-state index is 12.8. The van der Waals surface area contributed by atoms with Crippen LogP contribution in [0.4, 0.5) is 10.5 Å². The van der Waals surface area contributed by atoms with Crippen molar-refractivity contribution in [1.82, 2.24) is 15.2 Å². The molecule has 0 saturated carbocycles. The highest BCUT2D eigenvalue weighted by Gasteiger charge is 2.18. The molecule has 6 heteroatoms. The SMILES string of the molecule is CC[C@@H](NC(=O)Nc1cccc(C(=O)N2CCCCCC2)c1)c1cccnc1. The smallest absolute Gasteiger partial charge is 0.319 e. The number of likely N-dealkylation sites (tertiary alicyclic amines) is 1. The van der Waals surface area contributed by atoms with Gasteiger partial charge in [-0.3, -0.25) is 9.78 Å². The van der Waals surface area contributed by atoms with Crippen LogP contribution in [-0.4, -0.2) is 34.9 Å². The van der Waals surface area contributed by atoms with Crippen molar-refractivity contribution >= 4 is 17.6 Å². The molecule has 0 unspecified atom stereocenters. The Morgan fingerprint density at radius 1 is 1.11 bits per heavy atom. The predicted molar refractivity (Wildman–Crippen MR) is 110 cm³/mol. The van der Waals surface area contributed by atoms with Gasteiger partial charge in [-0.05, 0) is 49.1 Å². The van der Waals surface area contributed by atoms with E-state index in [1.807, 2.05) is 24.0 Å². The number of pyridine rings is 1. The minimum atomic E-state index is -0.296. The topological polar surface area (TPSA) is 74.3 Å². The number of urea groups is 1. The Kier molecular flexibility index (Phi) is 7.00. The molecule has 1 aliphatic heterocycles. The zero-order valence-electron chi connectivity index (χ0n) is 16.4. The van der Waals surface area contributed by atoms with Crippen LogP contribution in [0.15, 0.2) is 48.8 Å². The monoisotopic (exact) mass is 380 g/mol. The van der Waals surface area contributed by atoms with E-state index in [9.17, 15) is 9.59 Å². The summed E-state index contributed by atoms with van der Waals surface area (Å²) in [5, 5.41) is 5.81. The van der Waals surface area contributed by atoms with Crippen LogP contribution in [0.3, 0.4) is 0 Å². The molecular formula is C22H28N4O2. The normalized spacial score (nSPS) is 15.4. The molecule has 0 bridgehead atoms. The van der Waals surface area contributed by atoms with Gasteiger partial charge in [-0.1, -0.05) is 31.9 Å². The number of aromatic nitrogens is 1. The number of amides is 3. The van der Waals surface area contributed by atoms with E-state index in [2.05, 4.69) is 15.6 Å². The molecule has 148 valence electrons. The van der Waals surface area contributed by atoms with Crippen molar-refractivity contribution in [1.29, 1.82) is 0 Å². The summed E-state index contributed by atoms with van der Waals surface area (Å²) in [7, 11) is 0. The third kappa shape index (κ3) is 5.31. The van der Waals surface area contributed by atoms with Crippen molar-refractivity contribution in [2.24, 2.45) is 0 Å². The van der Waals surface area contributed by atoms with Crippen LogP contribution in [0.25, 0.3) is 0 Å². The largest absolute Gasteiger partial charge is 0.339 e. The van der Waals surface area contributed by atoms with Crippen molar-refractivity contribution in [2.75, 3.05) is 18.4 Å². The standard InChI is InChI=1S/C22H28N4O2/c1-2-20(18-10-8-12-23-16-18)25-22(28)24-19-11-7-9-17(15-19)21(27)26-13-5-3-4-6-14-26/h7-12,15-16,20H,2-6,13-14H2,1H3,(H2,24,25,28)/t20-/m1/s1. The first-order chi connectivity index (χ1) is 13.7. The van der Waals surface area contributed by atoms with E-state index in [1.54, 1.807) is 36.7 Å². The fourth-order valence-corrected chi connectivity index (χ4v) is 3.51. The summed E-state index contributed by atoms with van der Waals surface area (Å²) in [5.74, 6) is 0.0350. The molecule has 1 saturated heterocycles. The zero-order chi connectivity index (χ0) is 19.8. The predicted octanol–water partition coefficient (Wildman–Crippen LogP) is 4.37. The third-order valence-electron chi connectivity index (χ3n) is 5.06. The molecule has 1 atom stereocenters. The first-order valence-corrected chi connectivity index (χ1v) is 10.0. The quantitative estimate of drug-likeness (QED) is 0.809. The molecular weight excluding hydrogens is 352 g/mol. The summed E-state index contributed by atoms with van der Waals surface area (Å²) >= 11 is 0. The number of nitrogens with zero attached hydrogens (tertiary/aromatic N) is 2. The van der Waals surface area contributed by atoms with Gasteiger partial charge in [0.15, 0.2) is 0 Å². The second-order valence-electron chi connectivity index (χ2n) is 7.13. The van der Waals surface area contributed by atoms with Crippen LogP contribution in [0.1, 0.15) is 61.0 Å². The second kappa shape index (κ2) is 9.88. The minimum Gasteiger partial charge on any atom is -0.339 e. The zero-order valence-corrected chi connectivity index (χ0v) is 16.4. The summed E-state index contributed by atoms with van der Waals surface area (Å²) in [4.78, 5) is 31.3. The lowest BCUT2D eigenvalue weighted by molar-refractivity contribution is 0.0761. The molecule has 1 fully saturated rings. The molecule has 2 heterocycles. The molecule has 1 aromatic heterocycles. The lowest BCUT2D eigenvalue weighted by atomic mass is 10.1. The first kappa shape index (κ1) is 19.9. The Bertz CT molecular complexity index is 786. The van der Waals surface area contributed by atoms with E-state index < -0.39 is 0 Å². The molecule has 0 aliphatic carbocycles. The summed E-state index contributed by atoms with van der Waals surface area (Å²) in [6.45, 7) is 3.62. The van der Waals surface area contributed by atoms with Crippen molar-refractivity contribution in [3.63, 3.8) is 0 Å². The Hall–Kier alpha value is -2.89. The number of nitrogens with one attached hydrogen (secondary N) is 2. The molecule has 28 heavy (non-hydrogen) atoms. The van der Waals surface area contributed by atoms with E-state index in [-0.39, 0.29) is 18.0 Å². The van der Waals surface area contributed by atoms with Gasteiger partial charge in [-0.15, -0.1) is 0 Å². The van der Waals surface area contributed by atoms with Crippen LogP contribution in [-0.2, 0) is 0 Å². The Morgan fingerprint density at radius 3 is 2.57 bits per heavy atom. The van der Waals surface area contributed by atoms with E-state index in [0.717, 1.165) is 37.9 Å². The number of hydrogen-bond acceptors (Lipinski definition) is 3. The lowest BCUT2D eigenvalue weighted by Crippen LogP contribution is -2.33. The Labute approximate surface area is 166 Å². The maximum Gasteiger partial charge on any atom is 0.319 e. The number of hydrogen-bond donors (Lipinski definition) is 2.